The molecule has 1 unspecified atom stereocenters. The maximum atomic E-state index is 10.9. The van der Waals surface area contributed by atoms with E-state index in [1.165, 1.54) is 0 Å². The van der Waals surface area contributed by atoms with Crippen molar-refractivity contribution in [3.8, 4) is 0 Å². The first kappa shape index (κ1) is 12.6. The number of nitrogens with one attached hydrogen (secondary N) is 1. The molecular formula is C10H18N4O2. The summed E-state index contributed by atoms with van der Waals surface area (Å²) in [5.41, 5.74) is 0. The van der Waals surface area contributed by atoms with Crippen LogP contribution in [0.1, 0.15) is 25.5 Å². The lowest BCUT2D eigenvalue weighted by Gasteiger charge is -2.17. The normalized spacial score (nSPS) is 13.1. The second-order valence-electron chi connectivity index (χ2n) is 4.16. The molecule has 90 valence electrons. The first-order valence-corrected chi connectivity index (χ1v) is 5.24. The van der Waals surface area contributed by atoms with E-state index in [2.05, 4.69) is 15.5 Å². The monoisotopic (exact) mass is 226 g/mol. The summed E-state index contributed by atoms with van der Waals surface area (Å²) in [6, 6.07) is -0.558. The molecule has 0 saturated carbocycles. The molecule has 16 heavy (non-hydrogen) atoms. The van der Waals surface area contributed by atoms with Gasteiger partial charge in [0, 0.05) is 7.05 Å². The number of aliphatic carboxylic acids is 1. The highest BCUT2D eigenvalue weighted by atomic mass is 16.4. The van der Waals surface area contributed by atoms with Crippen LogP contribution in [0.15, 0.2) is 0 Å². The van der Waals surface area contributed by atoms with Gasteiger partial charge in [0.15, 0.2) is 0 Å². The van der Waals surface area contributed by atoms with E-state index < -0.39 is 12.0 Å². The molecule has 1 aromatic heterocycles. The Labute approximate surface area is 94.7 Å². The minimum Gasteiger partial charge on any atom is -0.480 e. The molecule has 6 nitrogen and oxygen atoms in total. The van der Waals surface area contributed by atoms with Crippen molar-refractivity contribution in [2.45, 2.75) is 33.4 Å². The number of aryl methyl sites for hydroxylation is 1. The van der Waals surface area contributed by atoms with Crippen LogP contribution in [0.3, 0.4) is 0 Å². The molecular weight excluding hydrogens is 208 g/mol. The zero-order valence-electron chi connectivity index (χ0n) is 10.1. The Morgan fingerprint density at radius 3 is 2.50 bits per heavy atom. The van der Waals surface area contributed by atoms with Gasteiger partial charge < -0.3 is 9.67 Å². The standard InChI is InChI=1S/C10H18N4O2/c1-6(2)9(10(15)16)11-5-8-13-12-7(3)14(8)4/h6,9,11H,5H2,1-4H3,(H,15,16). The maximum Gasteiger partial charge on any atom is 0.320 e. The molecule has 0 aliphatic carbocycles. The molecule has 0 aliphatic rings. The van der Waals surface area contributed by atoms with Crippen molar-refractivity contribution in [3.63, 3.8) is 0 Å². The molecule has 1 heterocycles. The molecule has 0 radical (unpaired) electrons. The van der Waals surface area contributed by atoms with Crippen molar-refractivity contribution in [1.82, 2.24) is 20.1 Å². The molecule has 6 heteroatoms. The lowest BCUT2D eigenvalue weighted by atomic mass is 10.1. The minimum absolute atomic E-state index is 0.0341. The van der Waals surface area contributed by atoms with Gasteiger partial charge in [0.05, 0.1) is 6.54 Å². The third-order valence-electron chi connectivity index (χ3n) is 2.60. The van der Waals surface area contributed by atoms with Crippen LogP contribution < -0.4 is 5.32 Å². The molecule has 0 aromatic carbocycles. The fourth-order valence-corrected chi connectivity index (χ4v) is 1.41. The summed E-state index contributed by atoms with van der Waals surface area (Å²) in [6.45, 7) is 6.00. The lowest BCUT2D eigenvalue weighted by Crippen LogP contribution is -2.40. The summed E-state index contributed by atoms with van der Waals surface area (Å²) in [6.07, 6.45) is 0. The molecule has 0 aliphatic heterocycles. The Kier molecular flexibility index (Phi) is 4.00. The molecule has 0 spiro atoms. The van der Waals surface area contributed by atoms with Gasteiger partial charge in [-0.1, -0.05) is 13.8 Å². The van der Waals surface area contributed by atoms with Crippen molar-refractivity contribution in [2.75, 3.05) is 0 Å². The van der Waals surface area contributed by atoms with Crippen molar-refractivity contribution < 1.29 is 9.90 Å². The van der Waals surface area contributed by atoms with Crippen LogP contribution in [-0.2, 0) is 18.4 Å². The second kappa shape index (κ2) is 5.07. The van der Waals surface area contributed by atoms with Gasteiger partial charge >= 0.3 is 5.97 Å². The predicted octanol–water partition coefficient (Wildman–Crippen LogP) is 0.322. The first-order chi connectivity index (χ1) is 7.43. The van der Waals surface area contributed by atoms with Gasteiger partial charge in [-0.15, -0.1) is 10.2 Å². The van der Waals surface area contributed by atoms with Crippen molar-refractivity contribution in [1.29, 1.82) is 0 Å². The third kappa shape index (κ3) is 2.79. The summed E-state index contributed by atoms with van der Waals surface area (Å²) in [4.78, 5) is 10.9. The van der Waals surface area contributed by atoms with Crippen molar-refractivity contribution in [3.05, 3.63) is 11.6 Å². The summed E-state index contributed by atoms with van der Waals surface area (Å²) in [7, 11) is 1.86. The van der Waals surface area contributed by atoms with E-state index in [4.69, 9.17) is 5.11 Å². The van der Waals surface area contributed by atoms with Crippen LogP contribution in [0.4, 0.5) is 0 Å². The molecule has 0 fully saturated rings. The van der Waals surface area contributed by atoms with Gasteiger partial charge in [-0.2, -0.15) is 0 Å². The molecule has 0 saturated heterocycles. The smallest absolute Gasteiger partial charge is 0.320 e. The van der Waals surface area contributed by atoms with Crippen LogP contribution in [0.2, 0.25) is 0 Å². The fourth-order valence-electron chi connectivity index (χ4n) is 1.41. The van der Waals surface area contributed by atoms with Crippen LogP contribution in [0.5, 0.6) is 0 Å². The van der Waals surface area contributed by atoms with Crippen molar-refractivity contribution in [2.24, 2.45) is 13.0 Å². The summed E-state index contributed by atoms with van der Waals surface area (Å²) in [5.74, 6) is 0.748. The Hall–Kier alpha value is -1.43. The van der Waals surface area contributed by atoms with Gasteiger partial charge in [-0.05, 0) is 12.8 Å². The van der Waals surface area contributed by atoms with Gasteiger partial charge in [-0.3, -0.25) is 10.1 Å². The third-order valence-corrected chi connectivity index (χ3v) is 2.60. The van der Waals surface area contributed by atoms with E-state index in [0.29, 0.717) is 6.54 Å². The van der Waals surface area contributed by atoms with E-state index >= 15 is 0 Å². The van der Waals surface area contributed by atoms with E-state index in [0.717, 1.165) is 11.6 Å². The van der Waals surface area contributed by atoms with E-state index in [1.807, 2.05) is 32.4 Å². The summed E-state index contributed by atoms with van der Waals surface area (Å²) < 4.78 is 1.84. The van der Waals surface area contributed by atoms with E-state index in [1.54, 1.807) is 0 Å². The van der Waals surface area contributed by atoms with Crippen LogP contribution >= 0.6 is 0 Å². The first-order valence-electron chi connectivity index (χ1n) is 5.24. The highest BCUT2D eigenvalue weighted by molar-refractivity contribution is 5.73. The highest BCUT2D eigenvalue weighted by Crippen LogP contribution is 2.04. The predicted molar refractivity (Wildman–Crippen MR) is 58.8 cm³/mol. The minimum atomic E-state index is -0.839. The average molecular weight is 226 g/mol. The fraction of sp³-hybridized carbons (Fsp3) is 0.700. The Bertz CT molecular complexity index is 373. The number of rotatable bonds is 5. The van der Waals surface area contributed by atoms with E-state index in [9.17, 15) is 4.79 Å². The lowest BCUT2D eigenvalue weighted by molar-refractivity contribution is -0.140. The number of hydrogen-bond donors (Lipinski definition) is 2. The van der Waals surface area contributed by atoms with Gasteiger partial charge in [0.2, 0.25) is 0 Å². The van der Waals surface area contributed by atoms with Crippen LogP contribution in [-0.4, -0.2) is 31.9 Å². The maximum absolute atomic E-state index is 10.9. The molecule has 0 amide bonds. The molecule has 2 N–H and O–H groups in total. The Morgan fingerprint density at radius 2 is 2.12 bits per heavy atom. The number of aromatic nitrogens is 3. The summed E-state index contributed by atoms with van der Waals surface area (Å²) in [5, 5.41) is 19.8. The van der Waals surface area contributed by atoms with Crippen LogP contribution in [0, 0.1) is 12.8 Å². The number of nitrogens with zero attached hydrogens (tertiary/aromatic N) is 3. The topological polar surface area (TPSA) is 80.0 Å². The van der Waals surface area contributed by atoms with Gasteiger partial charge in [0.1, 0.15) is 17.7 Å². The largest absolute Gasteiger partial charge is 0.480 e. The summed E-state index contributed by atoms with van der Waals surface area (Å²) >= 11 is 0. The number of carbonyl (C=O) groups is 1. The van der Waals surface area contributed by atoms with Gasteiger partial charge in [0.25, 0.3) is 0 Å². The molecule has 1 atom stereocenters. The quantitative estimate of drug-likeness (QED) is 0.756. The molecule has 1 aromatic rings. The zero-order valence-corrected chi connectivity index (χ0v) is 10.1. The number of hydrogen-bond acceptors (Lipinski definition) is 4. The molecule has 1 rings (SSSR count). The highest BCUT2D eigenvalue weighted by Gasteiger charge is 2.21. The number of carboxylic acids is 1. The zero-order chi connectivity index (χ0) is 12.3. The SMILES string of the molecule is Cc1nnc(CNC(C(=O)O)C(C)C)n1C. The number of carboxylic acid groups (broad SMARTS) is 1. The second-order valence-corrected chi connectivity index (χ2v) is 4.16. The Morgan fingerprint density at radius 1 is 1.50 bits per heavy atom. The van der Waals surface area contributed by atoms with Gasteiger partial charge in [-0.25, -0.2) is 0 Å². The molecule has 0 bridgehead atoms. The average Bonchev–Trinajstić information content (AvgIpc) is 2.48. The van der Waals surface area contributed by atoms with E-state index in [-0.39, 0.29) is 5.92 Å². The van der Waals surface area contributed by atoms with Crippen LogP contribution in [0.25, 0.3) is 0 Å². The van der Waals surface area contributed by atoms with Crippen molar-refractivity contribution >= 4 is 5.97 Å². The Balaban J connectivity index is 2.62.